The van der Waals surface area contributed by atoms with Crippen LogP contribution in [0.3, 0.4) is 0 Å². The molecule has 122 valence electrons. The summed E-state index contributed by atoms with van der Waals surface area (Å²) in [6.07, 6.45) is 4.95. The van der Waals surface area contributed by atoms with Crippen molar-refractivity contribution in [2.45, 2.75) is 57.7 Å². The normalized spacial score (nSPS) is 24.9. The van der Waals surface area contributed by atoms with Gasteiger partial charge in [-0.1, -0.05) is 12.1 Å². The van der Waals surface area contributed by atoms with Gasteiger partial charge in [-0.3, -0.25) is 4.90 Å². The first kappa shape index (κ1) is 15.8. The van der Waals surface area contributed by atoms with Crippen molar-refractivity contribution in [3.05, 3.63) is 29.3 Å². The van der Waals surface area contributed by atoms with Gasteiger partial charge in [-0.05, 0) is 77.5 Å². The molecule has 22 heavy (non-hydrogen) atoms. The summed E-state index contributed by atoms with van der Waals surface area (Å²) in [7, 11) is 4.42. The van der Waals surface area contributed by atoms with Gasteiger partial charge in [-0.25, -0.2) is 0 Å². The smallest absolute Gasteiger partial charge is 0.123 e. The first-order valence-corrected chi connectivity index (χ1v) is 8.62. The van der Waals surface area contributed by atoms with Crippen LogP contribution in [-0.2, 0) is 13.0 Å². The number of benzene rings is 1. The van der Waals surface area contributed by atoms with Crippen LogP contribution in [0.5, 0.6) is 5.75 Å². The third kappa shape index (κ3) is 3.64. The number of rotatable bonds is 3. The molecule has 2 aliphatic rings. The Hall–Kier alpha value is -1.06. The molecule has 0 bridgehead atoms. The van der Waals surface area contributed by atoms with Gasteiger partial charge in [0.1, 0.15) is 11.4 Å². The van der Waals surface area contributed by atoms with Crippen LogP contribution in [0.25, 0.3) is 0 Å². The summed E-state index contributed by atoms with van der Waals surface area (Å²) in [4.78, 5) is 5.00. The zero-order valence-electron chi connectivity index (χ0n) is 14.6. The van der Waals surface area contributed by atoms with E-state index in [9.17, 15) is 0 Å². The highest BCUT2D eigenvalue weighted by Crippen LogP contribution is 2.35. The van der Waals surface area contributed by atoms with Crippen LogP contribution in [0, 0.1) is 0 Å². The average molecular weight is 302 g/mol. The van der Waals surface area contributed by atoms with E-state index in [1.165, 1.54) is 43.5 Å². The summed E-state index contributed by atoms with van der Waals surface area (Å²) in [5.41, 5.74) is 2.77. The van der Waals surface area contributed by atoms with Crippen LogP contribution in [0.15, 0.2) is 18.2 Å². The number of ether oxygens (including phenoxy) is 1. The minimum absolute atomic E-state index is 0.0392. The molecule has 3 rings (SSSR count). The molecule has 0 radical (unpaired) electrons. The molecule has 1 fully saturated rings. The highest BCUT2D eigenvalue weighted by atomic mass is 16.5. The first-order valence-electron chi connectivity index (χ1n) is 8.62. The fraction of sp³-hybridized carbons (Fsp3) is 0.684. The number of hydrogen-bond donors (Lipinski definition) is 0. The molecule has 1 aromatic carbocycles. The van der Waals surface area contributed by atoms with Crippen molar-refractivity contribution in [1.29, 1.82) is 0 Å². The van der Waals surface area contributed by atoms with Gasteiger partial charge in [0, 0.05) is 19.0 Å². The van der Waals surface area contributed by atoms with Gasteiger partial charge in [-0.15, -0.1) is 0 Å². The van der Waals surface area contributed by atoms with Gasteiger partial charge in [0.15, 0.2) is 0 Å². The van der Waals surface area contributed by atoms with E-state index < -0.39 is 0 Å². The summed E-state index contributed by atoms with van der Waals surface area (Å²) in [5.74, 6) is 1.08. The fourth-order valence-electron chi connectivity index (χ4n) is 3.83. The lowest BCUT2D eigenvalue weighted by Crippen LogP contribution is -2.29. The summed E-state index contributed by atoms with van der Waals surface area (Å²) < 4.78 is 5.98. The van der Waals surface area contributed by atoms with Gasteiger partial charge < -0.3 is 9.64 Å². The van der Waals surface area contributed by atoms with E-state index in [0.29, 0.717) is 0 Å². The standard InChI is InChI=1S/C19H30N2O/c1-19(2)13-16-12-15(7-8-18(16)22-19)14-21-10-5-6-17(9-11-21)20(3)4/h7-8,12,17H,5-6,9-11,13-14H2,1-4H3/t17-/m1/s1. The van der Waals surface area contributed by atoms with Crippen molar-refractivity contribution >= 4 is 0 Å². The van der Waals surface area contributed by atoms with Crippen molar-refractivity contribution < 1.29 is 4.74 Å². The number of likely N-dealkylation sites (tertiary alicyclic amines) is 1. The molecule has 2 heterocycles. The maximum atomic E-state index is 5.98. The quantitative estimate of drug-likeness (QED) is 0.852. The Morgan fingerprint density at radius 3 is 2.82 bits per heavy atom. The van der Waals surface area contributed by atoms with E-state index in [-0.39, 0.29) is 5.60 Å². The zero-order chi connectivity index (χ0) is 15.7. The van der Waals surface area contributed by atoms with E-state index in [2.05, 4.69) is 55.9 Å². The number of nitrogens with zero attached hydrogens (tertiary/aromatic N) is 2. The molecule has 0 saturated carbocycles. The predicted molar refractivity (Wildman–Crippen MR) is 91.5 cm³/mol. The van der Waals surface area contributed by atoms with Crippen LogP contribution in [0.2, 0.25) is 0 Å². The lowest BCUT2D eigenvalue weighted by Gasteiger charge is -2.23. The highest BCUT2D eigenvalue weighted by Gasteiger charge is 2.30. The number of fused-ring (bicyclic) bond motifs is 1. The minimum Gasteiger partial charge on any atom is -0.487 e. The van der Waals surface area contributed by atoms with Crippen molar-refractivity contribution in [2.75, 3.05) is 27.2 Å². The van der Waals surface area contributed by atoms with Crippen LogP contribution in [0.4, 0.5) is 0 Å². The molecular weight excluding hydrogens is 272 g/mol. The molecule has 0 amide bonds. The first-order chi connectivity index (χ1) is 10.4. The van der Waals surface area contributed by atoms with Crippen molar-refractivity contribution in [1.82, 2.24) is 9.80 Å². The maximum absolute atomic E-state index is 5.98. The third-order valence-electron chi connectivity index (χ3n) is 5.05. The van der Waals surface area contributed by atoms with E-state index in [1.807, 2.05) is 0 Å². The van der Waals surface area contributed by atoms with E-state index >= 15 is 0 Å². The molecule has 1 atom stereocenters. The van der Waals surface area contributed by atoms with Gasteiger partial charge in [-0.2, -0.15) is 0 Å². The molecule has 0 aliphatic carbocycles. The Kier molecular flexibility index (Phi) is 4.47. The Bertz CT molecular complexity index is 524. The van der Waals surface area contributed by atoms with Gasteiger partial charge in [0.05, 0.1) is 0 Å². The van der Waals surface area contributed by atoms with Crippen LogP contribution >= 0.6 is 0 Å². The third-order valence-corrected chi connectivity index (χ3v) is 5.05. The second kappa shape index (κ2) is 6.21. The Morgan fingerprint density at radius 1 is 1.23 bits per heavy atom. The van der Waals surface area contributed by atoms with E-state index in [0.717, 1.165) is 24.8 Å². The summed E-state index contributed by atoms with van der Waals surface area (Å²) in [5, 5.41) is 0. The molecule has 0 N–H and O–H groups in total. The SMILES string of the molecule is CN(C)[C@@H]1CCCN(Cc2ccc3c(c2)CC(C)(C)O3)CC1. The Balaban J connectivity index is 1.62. The van der Waals surface area contributed by atoms with Gasteiger partial charge >= 0.3 is 0 Å². The van der Waals surface area contributed by atoms with Crippen LogP contribution in [0.1, 0.15) is 44.2 Å². The van der Waals surface area contributed by atoms with Gasteiger partial charge in [0.25, 0.3) is 0 Å². The molecule has 3 heteroatoms. The number of hydrogen-bond acceptors (Lipinski definition) is 3. The summed E-state index contributed by atoms with van der Waals surface area (Å²) in [6.45, 7) is 7.85. The second-order valence-electron chi connectivity index (χ2n) is 7.81. The molecule has 0 spiro atoms. The van der Waals surface area contributed by atoms with Crippen LogP contribution < -0.4 is 4.74 Å². The molecule has 1 saturated heterocycles. The Morgan fingerprint density at radius 2 is 2.05 bits per heavy atom. The predicted octanol–water partition coefficient (Wildman–Crippen LogP) is 3.32. The minimum atomic E-state index is -0.0392. The highest BCUT2D eigenvalue weighted by molar-refractivity contribution is 5.41. The van der Waals surface area contributed by atoms with Crippen molar-refractivity contribution in [2.24, 2.45) is 0 Å². The van der Waals surface area contributed by atoms with Crippen molar-refractivity contribution in [3.63, 3.8) is 0 Å². The molecule has 1 aromatic rings. The van der Waals surface area contributed by atoms with Crippen molar-refractivity contribution in [3.8, 4) is 5.75 Å². The van der Waals surface area contributed by atoms with Gasteiger partial charge in [0.2, 0.25) is 0 Å². The van der Waals surface area contributed by atoms with Crippen LogP contribution in [-0.4, -0.2) is 48.6 Å². The molecule has 0 unspecified atom stereocenters. The Labute approximate surface area is 135 Å². The summed E-state index contributed by atoms with van der Waals surface area (Å²) >= 11 is 0. The van der Waals surface area contributed by atoms with E-state index in [1.54, 1.807) is 0 Å². The topological polar surface area (TPSA) is 15.7 Å². The lowest BCUT2D eigenvalue weighted by molar-refractivity contribution is 0.138. The summed E-state index contributed by atoms with van der Waals surface area (Å²) in [6, 6.07) is 7.52. The molecule has 0 aromatic heterocycles. The average Bonchev–Trinajstić information content (AvgIpc) is 2.60. The van der Waals surface area contributed by atoms with E-state index in [4.69, 9.17) is 4.74 Å². The molecule has 3 nitrogen and oxygen atoms in total. The second-order valence-corrected chi connectivity index (χ2v) is 7.81. The molecule has 2 aliphatic heterocycles. The fourth-order valence-corrected chi connectivity index (χ4v) is 3.83. The zero-order valence-corrected chi connectivity index (χ0v) is 14.6. The molecular formula is C19H30N2O. The monoisotopic (exact) mass is 302 g/mol. The lowest BCUT2D eigenvalue weighted by atomic mass is 10.00. The largest absolute Gasteiger partial charge is 0.487 e. The maximum Gasteiger partial charge on any atom is 0.123 e.